The largest absolute Gasteiger partial charge is 0.339 e. The molecule has 1 fully saturated rings. The molecule has 3 N–H and O–H groups in total. The van der Waals surface area contributed by atoms with Crippen LogP contribution < -0.4 is 10.5 Å². The highest BCUT2D eigenvalue weighted by Crippen LogP contribution is 2.19. The lowest BCUT2D eigenvalue weighted by atomic mass is 9.95. The predicted octanol–water partition coefficient (Wildman–Crippen LogP) is 2.28. The minimum absolute atomic E-state index is 0. The van der Waals surface area contributed by atoms with Gasteiger partial charge in [0.1, 0.15) is 5.82 Å². The topological polar surface area (TPSA) is 92.5 Å². The van der Waals surface area contributed by atoms with E-state index in [2.05, 4.69) is 4.72 Å². The number of carbonyl (C=O) groups is 1. The molecule has 6 nitrogen and oxygen atoms in total. The molecule has 26 heavy (non-hydrogen) atoms. The molecule has 1 amide bonds. The smallest absolute Gasteiger partial charge is 0.256 e. The van der Waals surface area contributed by atoms with Crippen LogP contribution in [0.1, 0.15) is 49.9 Å². The lowest BCUT2D eigenvalue weighted by Crippen LogP contribution is -2.49. The number of benzene rings is 1. The number of amides is 1. The lowest BCUT2D eigenvalue weighted by Gasteiger charge is -2.26. The van der Waals surface area contributed by atoms with E-state index in [1.807, 2.05) is 13.8 Å². The number of nitrogens with two attached hydrogens (primary N) is 1. The van der Waals surface area contributed by atoms with Gasteiger partial charge in [0.15, 0.2) is 0 Å². The molecule has 1 aliphatic rings. The van der Waals surface area contributed by atoms with Crippen molar-refractivity contribution in [3.8, 4) is 0 Å². The number of carbonyl (C=O) groups excluding carboxylic acids is 1. The van der Waals surface area contributed by atoms with Crippen molar-refractivity contribution in [2.45, 2.75) is 50.0 Å². The van der Waals surface area contributed by atoms with Gasteiger partial charge in [0, 0.05) is 25.2 Å². The number of rotatable bonds is 7. The van der Waals surface area contributed by atoms with Gasteiger partial charge in [-0.1, -0.05) is 13.8 Å². The van der Waals surface area contributed by atoms with E-state index in [1.165, 1.54) is 12.1 Å². The Hall–Kier alpha value is -1.22. The number of nitrogens with one attached hydrogen (secondary N) is 1. The third kappa shape index (κ3) is 5.16. The second-order valence-electron chi connectivity index (χ2n) is 6.53. The quantitative estimate of drug-likeness (QED) is 0.725. The third-order valence-corrected chi connectivity index (χ3v) is 6.30. The maximum atomic E-state index is 14.3. The van der Waals surface area contributed by atoms with Crippen LogP contribution in [-0.4, -0.2) is 44.4 Å². The summed E-state index contributed by atoms with van der Waals surface area (Å²) in [7, 11) is -3.89. The average Bonchev–Trinajstić information content (AvgIpc) is 3.13. The van der Waals surface area contributed by atoms with E-state index in [4.69, 9.17) is 5.73 Å². The maximum absolute atomic E-state index is 14.3. The van der Waals surface area contributed by atoms with Crippen LogP contribution >= 0.6 is 12.4 Å². The fourth-order valence-corrected chi connectivity index (χ4v) is 3.90. The lowest BCUT2D eigenvalue weighted by molar-refractivity contribution is 0.0788. The van der Waals surface area contributed by atoms with Gasteiger partial charge in [0.2, 0.25) is 10.0 Å². The Morgan fingerprint density at radius 3 is 2.35 bits per heavy atom. The van der Waals surface area contributed by atoms with E-state index in [0.717, 1.165) is 18.9 Å². The maximum Gasteiger partial charge on any atom is 0.256 e. The first-order valence-electron chi connectivity index (χ1n) is 8.60. The Morgan fingerprint density at radius 2 is 1.85 bits per heavy atom. The molecule has 0 spiro atoms. The van der Waals surface area contributed by atoms with Crippen LogP contribution in [0.2, 0.25) is 0 Å². The number of likely N-dealkylation sites (tertiary alicyclic amines) is 1. The molecule has 2 rings (SSSR count). The monoisotopic (exact) mass is 407 g/mol. The van der Waals surface area contributed by atoms with Gasteiger partial charge in [-0.25, -0.2) is 17.5 Å². The van der Waals surface area contributed by atoms with Gasteiger partial charge >= 0.3 is 0 Å². The van der Waals surface area contributed by atoms with Gasteiger partial charge in [-0.05, 0) is 43.9 Å². The molecule has 0 atom stereocenters. The standard InChI is InChI=1S/C17H26FN3O3S.ClH/c1-3-17(19,4-2)12-20-25(23,24)13-7-8-14(15(18)11-13)16(22)21-9-5-6-10-21;/h7-8,11,20H,3-6,9-10,12,19H2,1-2H3;1H. The van der Waals surface area contributed by atoms with Crippen LogP contribution in [0.25, 0.3) is 0 Å². The van der Waals surface area contributed by atoms with E-state index in [0.29, 0.717) is 25.9 Å². The Balaban J connectivity index is 0.00000338. The van der Waals surface area contributed by atoms with Gasteiger partial charge in [-0.3, -0.25) is 4.79 Å². The van der Waals surface area contributed by atoms with Crippen LogP contribution in [0.4, 0.5) is 4.39 Å². The highest BCUT2D eigenvalue weighted by Gasteiger charge is 2.26. The average molecular weight is 408 g/mol. The Kier molecular flexibility index (Phi) is 8.01. The number of hydrogen-bond donors (Lipinski definition) is 2. The van der Waals surface area contributed by atoms with Crippen LogP contribution in [0.3, 0.4) is 0 Å². The Labute approximate surface area is 160 Å². The van der Waals surface area contributed by atoms with Gasteiger partial charge in [-0.15, -0.1) is 12.4 Å². The molecular formula is C17H27ClFN3O3S. The molecule has 0 radical (unpaired) electrons. The van der Waals surface area contributed by atoms with E-state index in [9.17, 15) is 17.6 Å². The summed E-state index contributed by atoms with van der Waals surface area (Å²) < 4.78 is 41.5. The summed E-state index contributed by atoms with van der Waals surface area (Å²) in [5.41, 5.74) is 5.35. The van der Waals surface area contributed by atoms with Gasteiger partial charge in [0.25, 0.3) is 5.91 Å². The number of hydrogen-bond acceptors (Lipinski definition) is 4. The van der Waals surface area contributed by atoms with Crippen molar-refractivity contribution in [3.05, 3.63) is 29.6 Å². The summed E-state index contributed by atoms with van der Waals surface area (Å²) in [6, 6.07) is 3.38. The second-order valence-corrected chi connectivity index (χ2v) is 8.30. The van der Waals surface area contributed by atoms with Crippen molar-refractivity contribution < 1.29 is 17.6 Å². The Morgan fingerprint density at radius 1 is 1.27 bits per heavy atom. The first-order valence-corrected chi connectivity index (χ1v) is 10.1. The number of nitrogens with zero attached hydrogens (tertiary/aromatic N) is 1. The molecule has 0 unspecified atom stereocenters. The summed E-state index contributed by atoms with van der Waals surface area (Å²) in [5.74, 6) is -1.23. The highest BCUT2D eigenvalue weighted by atomic mass is 35.5. The minimum Gasteiger partial charge on any atom is -0.339 e. The zero-order valence-corrected chi connectivity index (χ0v) is 16.8. The summed E-state index contributed by atoms with van der Waals surface area (Å²) in [6.45, 7) is 5.05. The summed E-state index contributed by atoms with van der Waals surface area (Å²) in [6.07, 6.45) is 3.03. The summed E-state index contributed by atoms with van der Waals surface area (Å²) in [5, 5.41) is 0. The third-order valence-electron chi connectivity index (χ3n) is 4.90. The van der Waals surface area contributed by atoms with E-state index < -0.39 is 27.3 Å². The van der Waals surface area contributed by atoms with E-state index in [1.54, 1.807) is 4.90 Å². The normalized spacial score (nSPS) is 15.0. The summed E-state index contributed by atoms with van der Waals surface area (Å²) >= 11 is 0. The van der Waals surface area contributed by atoms with Crippen LogP contribution in [0.15, 0.2) is 23.1 Å². The van der Waals surface area contributed by atoms with Crippen molar-refractivity contribution in [2.24, 2.45) is 5.73 Å². The molecule has 0 saturated carbocycles. The first kappa shape index (κ1) is 22.8. The van der Waals surface area contributed by atoms with Crippen molar-refractivity contribution in [2.75, 3.05) is 19.6 Å². The van der Waals surface area contributed by atoms with Crippen molar-refractivity contribution in [1.82, 2.24) is 9.62 Å². The molecule has 0 aliphatic carbocycles. The molecule has 1 heterocycles. The zero-order valence-electron chi connectivity index (χ0n) is 15.1. The molecule has 9 heteroatoms. The molecule has 0 aromatic heterocycles. The number of sulfonamides is 1. The molecule has 1 aromatic carbocycles. The van der Waals surface area contributed by atoms with E-state index >= 15 is 0 Å². The minimum atomic E-state index is -3.89. The van der Waals surface area contributed by atoms with Gasteiger partial charge in [0.05, 0.1) is 10.5 Å². The SMILES string of the molecule is CCC(N)(CC)CNS(=O)(=O)c1ccc(C(=O)N2CCCC2)c(F)c1.Cl. The van der Waals surface area contributed by atoms with Gasteiger partial charge in [-0.2, -0.15) is 0 Å². The highest BCUT2D eigenvalue weighted by molar-refractivity contribution is 7.89. The van der Waals surface area contributed by atoms with Gasteiger partial charge < -0.3 is 10.6 Å². The molecule has 148 valence electrons. The molecule has 1 aliphatic heterocycles. The fourth-order valence-electron chi connectivity index (χ4n) is 2.75. The molecular weight excluding hydrogens is 381 g/mol. The molecule has 1 saturated heterocycles. The van der Waals surface area contributed by atoms with Crippen LogP contribution in [0.5, 0.6) is 0 Å². The predicted molar refractivity (Wildman–Crippen MR) is 101 cm³/mol. The van der Waals surface area contributed by atoms with Crippen molar-refractivity contribution >= 4 is 28.3 Å². The molecule has 0 bridgehead atoms. The second kappa shape index (κ2) is 9.12. The first-order chi connectivity index (χ1) is 11.7. The van der Waals surface area contributed by atoms with Crippen LogP contribution in [-0.2, 0) is 10.0 Å². The fraction of sp³-hybridized carbons (Fsp3) is 0.588. The van der Waals surface area contributed by atoms with E-state index in [-0.39, 0.29) is 29.4 Å². The summed E-state index contributed by atoms with van der Waals surface area (Å²) in [4.78, 5) is 13.6. The number of halogens is 2. The Bertz CT molecular complexity index is 733. The van der Waals surface area contributed by atoms with Crippen molar-refractivity contribution in [1.29, 1.82) is 0 Å². The zero-order chi connectivity index (χ0) is 18.7. The molecule has 1 aromatic rings. The van der Waals surface area contributed by atoms with Crippen LogP contribution in [0, 0.1) is 5.82 Å². The van der Waals surface area contributed by atoms with Crippen molar-refractivity contribution in [3.63, 3.8) is 0 Å².